The maximum Gasteiger partial charge on any atom is 0.259 e. The van der Waals surface area contributed by atoms with Crippen molar-refractivity contribution in [1.82, 2.24) is 5.32 Å². The van der Waals surface area contributed by atoms with Crippen molar-refractivity contribution >= 4 is 23.7 Å². The second kappa shape index (κ2) is 3.61. The highest BCUT2D eigenvalue weighted by Gasteiger charge is 2.44. The monoisotopic (exact) mass is 279 g/mol. The summed E-state index contributed by atoms with van der Waals surface area (Å²) in [6.07, 6.45) is 8.58. The molecule has 104 valence electrons. The van der Waals surface area contributed by atoms with Crippen LogP contribution in [0.1, 0.15) is 49.7 Å². The molecule has 2 atom stereocenters. The van der Waals surface area contributed by atoms with E-state index in [4.69, 9.17) is 0 Å². The van der Waals surface area contributed by atoms with Crippen molar-refractivity contribution in [3.8, 4) is 0 Å². The van der Waals surface area contributed by atoms with Crippen molar-refractivity contribution in [2.45, 2.75) is 31.3 Å². The van der Waals surface area contributed by atoms with Crippen molar-refractivity contribution < 1.29 is 9.59 Å². The average Bonchev–Trinajstić information content (AvgIpc) is 3.14. The van der Waals surface area contributed by atoms with Gasteiger partial charge >= 0.3 is 0 Å². The van der Waals surface area contributed by atoms with E-state index in [0.717, 1.165) is 36.1 Å². The van der Waals surface area contributed by atoms with Crippen LogP contribution in [0.3, 0.4) is 0 Å². The van der Waals surface area contributed by atoms with E-state index < -0.39 is 0 Å². The minimum atomic E-state index is -0.258. The standard InChI is InChI=1S/C16H13N3O2/c20-15-11-7-3-1-4-8(7)13-10(12(11)16(21)19-15)9-5-2-6-17-14(9)18-13/h2,5-6,9,14,18H,1,3-4H2,(H,19,20,21). The first-order valence-electron chi connectivity index (χ1n) is 7.29. The number of carbonyl (C=O) groups excluding carboxylic acids is 2. The number of rotatable bonds is 0. The van der Waals surface area contributed by atoms with Crippen LogP contribution in [0.15, 0.2) is 17.1 Å². The van der Waals surface area contributed by atoms with Crippen LogP contribution >= 0.6 is 0 Å². The lowest BCUT2D eigenvalue weighted by Gasteiger charge is -2.16. The van der Waals surface area contributed by atoms with Crippen molar-refractivity contribution in [2.24, 2.45) is 4.99 Å². The maximum atomic E-state index is 12.3. The first-order chi connectivity index (χ1) is 10.3. The highest BCUT2D eigenvalue weighted by Crippen LogP contribution is 2.48. The first kappa shape index (κ1) is 11.3. The SMILES string of the molecule is O=C1NC(=O)c2c1c1c(c3c2C2C=CC=NC2N3)CCC1. The molecule has 1 aromatic rings. The Balaban J connectivity index is 1.88. The van der Waals surface area contributed by atoms with E-state index in [9.17, 15) is 9.59 Å². The van der Waals surface area contributed by atoms with E-state index in [2.05, 4.69) is 21.7 Å². The number of aliphatic imine (C=N–C) groups is 1. The molecule has 1 aliphatic carbocycles. The molecule has 0 aromatic heterocycles. The third-order valence-electron chi connectivity index (χ3n) is 4.91. The smallest absolute Gasteiger partial charge is 0.259 e. The quantitative estimate of drug-likeness (QED) is 0.708. The van der Waals surface area contributed by atoms with Gasteiger partial charge < -0.3 is 5.32 Å². The lowest BCUT2D eigenvalue weighted by Crippen LogP contribution is -2.22. The van der Waals surface area contributed by atoms with Gasteiger partial charge in [0.15, 0.2) is 0 Å². The Morgan fingerprint density at radius 1 is 1.10 bits per heavy atom. The van der Waals surface area contributed by atoms with E-state index in [1.165, 1.54) is 5.56 Å². The van der Waals surface area contributed by atoms with Gasteiger partial charge in [-0.3, -0.25) is 19.9 Å². The Hall–Kier alpha value is -2.43. The minimum absolute atomic E-state index is 0.0429. The summed E-state index contributed by atoms with van der Waals surface area (Å²) in [7, 11) is 0. The fraction of sp³-hybridized carbons (Fsp3) is 0.312. The highest BCUT2D eigenvalue weighted by atomic mass is 16.2. The number of allylic oxidation sites excluding steroid dienone is 1. The molecule has 0 spiro atoms. The van der Waals surface area contributed by atoms with Crippen LogP contribution in [0.25, 0.3) is 0 Å². The second-order valence-corrected chi connectivity index (χ2v) is 5.93. The summed E-state index contributed by atoms with van der Waals surface area (Å²) in [4.78, 5) is 28.9. The lowest BCUT2D eigenvalue weighted by atomic mass is 9.86. The van der Waals surface area contributed by atoms with Crippen LogP contribution in [0.2, 0.25) is 0 Å². The van der Waals surface area contributed by atoms with Crippen LogP contribution in [-0.4, -0.2) is 24.2 Å². The molecule has 4 aliphatic rings. The summed E-state index contributed by atoms with van der Waals surface area (Å²) in [5, 5.41) is 5.93. The molecule has 0 bridgehead atoms. The third kappa shape index (κ3) is 1.24. The number of imide groups is 1. The summed E-state index contributed by atoms with van der Waals surface area (Å²) in [6, 6.07) is 0. The molecule has 0 saturated carbocycles. The molecule has 3 aliphatic heterocycles. The maximum absolute atomic E-state index is 12.3. The molecule has 5 nitrogen and oxygen atoms in total. The molecule has 1 aromatic carbocycles. The summed E-state index contributed by atoms with van der Waals surface area (Å²) >= 11 is 0. The number of benzene rings is 1. The van der Waals surface area contributed by atoms with Crippen molar-refractivity contribution in [3.63, 3.8) is 0 Å². The zero-order valence-electron chi connectivity index (χ0n) is 11.3. The number of nitrogens with one attached hydrogen (secondary N) is 2. The van der Waals surface area contributed by atoms with Crippen molar-refractivity contribution in [2.75, 3.05) is 5.32 Å². The van der Waals surface area contributed by atoms with Gasteiger partial charge in [0.25, 0.3) is 11.8 Å². The summed E-state index contributed by atoms with van der Waals surface area (Å²) in [6.45, 7) is 0. The highest BCUT2D eigenvalue weighted by molar-refractivity contribution is 6.24. The van der Waals surface area contributed by atoms with Gasteiger partial charge in [0.05, 0.1) is 11.1 Å². The summed E-state index contributed by atoms with van der Waals surface area (Å²) in [5.41, 5.74) is 5.49. The Morgan fingerprint density at radius 3 is 2.81 bits per heavy atom. The predicted octanol–water partition coefficient (Wildman–Crippen LogP) is 1.53. The molecule has 0 saturated heterocycles. The van der Waals surface area contributed by atoms with Gasteiger partial charge in [0, 0.05) is 23.4 Å². The second-order valence-electron chi connectivity index (χ2n) is 5.93. The molecule has 2 amide bonds. The topological polar surface area (TPSA) is 70.6 Å². The fourth-order valence-corrected chi connectivity index (χ4v) is 4.12. The molecule has 2 N–H and O–H groups in total. The molecule has 5 rings (SSSR count). The summed E-state index contributed by atoms with van der Waals surface area (Å²) in [5.74, 6) is -0.449. The van der Waals surface area contributed by atoms with Gasteiger partial charge in [-0.2, -0.15) is 0 Å². The third-order valence-corrected chi connectivity index (χ3v) is 4.91. The van der Waals surface area contributed by atoms with Crippen LogP contribution in [0.4, 0.5) is 5.69 Å². The zero-order valence-corrected chi connectivity index (χ0v) is 11.3. The van der Waals surface area contributed by atoms with Crippen LogP contribution < -0.4 is 10.6 Å². The average molecular weight is 279 g/mol. The van der Waals surface area contributed by atoms with Gasteiger partial charge in [0.2, 0.25) is 0 Å². The van der Waals surface area contributed by atoms with E-state index >= 15 is 0 Å². The first-order valence-corrected chi connectivity index (χ1v) is 7.29. The fourth-order valence-electron chi connectivity index (χ4n) is 4.12. The number of fused-ring (bicyclic) bond motifs is 8. The van der Waals surface area contributed by atoms with Gasteiger partial charge in [-0.05, 0) is 36.5 Å². The zero-order chi connectivity index (χ0) is 14.1. The Kier molecular flexibility index (Phi) is 1.93. The molecule has 21 heavy (non-hydrogen) atoms. The van der Waals surface area contributed by atoms with Crippen molar-refractivity contribution in [3.05, 3.63) is 40.0 Å². The Bertz CT molecular complexity index is 791. The number of hydrogen-bond acceptors (Lipinski definition) is 4. The van der Waals surface area contributed by atoms with Crippen LogP contribution in [-0.2, 0) is 12.8 Å². The van der Waals surface area contributed by atoms with Gasteiger partial charge in [-0.15, -0.1) is 0 Å². The summed E-state index contributed by atoms with van der Waals surface area (Å²) < 4.78 is 0. The van der Waals surface area contributed by atoms with Gasteiger partial charge in [-0.1, -0.05) is 6.08 Å². The van der Waals surface area contributed by atoms with Crippen LogP contribution in [0.5, 0.6) is 0 Å². The van der Waals surface area contributed by atoms with E-state index in [-0.39, 0.29) is 23.9 Å². The molecule has 2 unspecified atom stereocenters. The van der Waals surface area contributed by atoms with Crippen LogP contribution in [0, 0.1) is 0 Å². The Labute approximate surface area is 121 Å². The number of hydrogen-bond donors (Lipinski definition) is 2. The normalized spacial score (nSPS) is 27.0. The number of anilines is 1. The number of amides is 2. The number of nitrogens with zero attached hydrogens (tertiary/aromatic N) is 1. The van der Waals surface area contributed by atoms with Gasteiger partial charge in [-0.25, -0.2) is 0 Å². The number of carbonyl (C=O) groups is 2. The largest absolute Gasteiger partial charge is 0.363 e. The van der Waals surface area contributed by atoms with E-state index in [0.29, 0.717) is 11.1 Å². The van der Waals surface area contributed by atoms with E-state index in [1.807, 2.05) is 6.08 Å². The molecule has 0 fully saturated rings. The predicted molar refractivity (Wildman–Crippen MR) is 78.0 cm³/mol. The number of dihydropyridines is 1. The lowest BCUT2D eigenvalue weighted by molar-refractivity contribution is 0.0879. The molecule has 5 heteroatoms. The molecule has 3 heterocycles. The van der Waals surface area contributed by atoms with E-state index in [1.54, 1.807) is 6.21 Å². The molecular weight excluding hydrogens is 266 g/mol. The van der Waals surface area contributed by atoms with Crippen molar-refractivity contribution in [1.29, 1.82) is 0 Å². The minimum Gasteiger partial charge on any atom is -0.363 e. The molecule has 0 radical (unpaired) electrons. The molecular formula is C16H13N3O2. The van der Waals surface area contributed by atoms with Gasteiger partial charge in [0.1, 0.15) is 6.17 Å². The Morgan fingerprint density at radius 2 is 1.90 bits per heavy atom.